The number of nitrogens with zero attached hydrogens (tertiary/aromatic N) is 4. The van der Waals surface area contributed by atoms with Gasteiger partial charge < -0.3 is 4.90 Å². The molecule has 0 N–H and O–H groups in total. The monoisotopic (exact) mass is 318 g/mol. The minimum atomic E-state index is -0.0116. The number of carbonyl (C=O) groups is 1. The molecule has 1 unspecified atom stereocenters. The standard InChI is InChI=1S/C19H18N4O/c24-19(18-13-17(7-10-20-18)23-11-4-9-21-23)22-12-8-16(14-22)15-5-2-1-3-6-15/h1-7,9-11,13,16H,8,12,14H2. The van der Waals surface area contributed by atoms with Crippen LogP contribution in [0.1, 0.15) is 28.4 Å². The molecule has 0 spiro atoms. The van der Waals surface area contributed by atoms with E-state index in [-0.39, 0.29) is 5.91 Å². The molecule has 5 heteroatoms. The van der Waals surface area contributed by atoms with Gasteiger partial charge in [-0.2, -0.15) is 5.10 Å². The number of benzene rings is 1. The van der Waals surface area contributed by atoms with E-state index in [1.54, 1.807) is 23.1 Å². The summed E-state index contributed by atoms with van der Waals surface area (Å²) >= 11 is 0. The molecule has 1 amide bonds. The zero-order chi connectivity index (χ0) is 16.4. The second kappa shape index (κ2) is 6.28. The molecule has 5 nitrogen and oxygen atoms in total. The van der Waals surface area contributed by atoms with Crippen LogP contribution in [-0.4, -0.2) is 38.7 Å². The maximum Gasteiger partial charge on any atom is 0.272 e. The van der Waals surface area contributed by atoms with Gasteiger partial charge in [0.2, 0.25) is 0 Å². The van der Waals surface area contributed by atoms with Crippen LogP contribution in [0, 0.1) is 0 Å². The van der Waals surface area contributed by atoms with E-state index in [1.165, 1.54) is 5.56 Å². The average Bonchev–Trinajstić information content (AvgIpc) is 3.34. The second-order valence-electron chi connectivity index (χ2n) is 6.00. The molecular formula is C19H18N4O. The average molecular weight is 318 g/mol. The molecule has 3 heterocycles. The molecule has 3 aromatic rings. The Bertz CT molecular complexity index is 830. The summed E-state index contributed by atoms with van der Waals surface area (Å²) in [6, 6.07) is 15.9. The van der Waals surface area contributed by atoms with E-state index in [2.05, 4.69) is 34.3 Å². The molecule has 1 fully saturated rings. The van der Waals surface area contributed by atoms with Gasteiger partial charge in [0.15, 0.2) is 0 Å². The minimum Gasteiger partial charge on any atom is -0.337 e. The van der Waals surface area contributed by atoms with Gasteiger partial charge in [-0.1, -0.05) is 30.3 Å². The van der Waals surface area contributed by atoms with Crippen molar-refractivity contribution in [2.45, 2.75) is 12.3 Å². The molecule has 0 bridgehead atoms. The topological polar surface area (TPSA) is 51.0 Å². The summed E-state index contributed by atoms with van der Waals surface area (Å²) in [7, 11) is 0. The number of hydrogen-bond acceptors (Lipinski definition) is 3. The van der Waals surface area contributed by atoms with Crippen molar-refractivity contribution >= 4 is 5.91 Å². The normalized spacial score (nSPS) is 17.2. The molecule has 0 radical (unpaired) electrons. The molecule has 2 aromatic heterocycles. The highest BCUT2D eigenvalue weighted by Gasteiger charge is 2.28. The van der Waals surface area contributed by atoms with Crippen LogP contribution in [0.25, 0.3) is 5.69 Å². The quantitative estimate of drug-likeness (QED) is 0.746. The molecule has 1 saturated heterocycles. The predicted molar refractivity (Wildman–Crippen MR) is 91.1 cm³/mol. The third-order valence-corrected chi connectivity index (χ3v) is 4.48. The fourth-order valence-electron chi connectivity index (χ4n) is 3.20. The molecule has 1 aromatic carbocycles. The molecular weight excluding hydrogens is 300 g/mol. The summed E-state index contributed by atoms with van der Waals surface area (Å²) in [5.41, 5.74) is 2.61. The van der Waals surface area contributed by atoms with E-state index in [4.69, 9.17) is 0 Å². The lowest BCUT2D eigenvalue weighted by molar-refractivity contribution is 0.0785. The lowest BCUT2D eigenvalue weighted by Crippen LogP contribution is -2.29. The van der Waals surface area contributed by atoms with Crippen molar-refractivity contribution in [3.63, 3.8) is 0 Å². The Balaban J connectivity index is 1.52. The first-order chi connectivity index (χ1) is 11.8. The van der Waals surface area contributed by atoms with Gasteiger partial charge in [-0.3, -0.25) is 9.78 Å². The Hall–Kier alpha value is -2.95. The first kappa shape index (κ1) is 14.6. The van der Waals surface area contributed by atoms with Crippen molar-refractivity contribution in [3.8, 4) is 5.69 Å². The van der Waals surface area contributed by atoms with Crippen LogP contribution in [0.4, 0.5) is 0 Å². The van der Waals surface area contributed by atoms with Crippen molar-refractivity contribution in [2.24, 2.45) is 0 Å². The Morgan fingerprint density at radius 1 is 1.08 bits per heavy atom. The zero-order valence-electron chi connectivity index (χ0n) is 13.2. The smallest absolute Gasteiger partial charge is 0.272 e. The fourth-order valence-corrected chi connectivity index (χ4v) is 3.20. The lowest BCUT2D eigenvalue weighted by Gasteiger charge is -2.16. The van der Waals surface area contributed by atoms with Gasteiger partial charge in [0, 0.05) is 37.6 Å². The maximum atomic E-state index is 12.8. The number of rotatable bonds is 3. The van der Waals surface area contributed by atoms with E-state index in [0.717, 1.165) is 25.2 Å². The fraction of sp³-hybridized carbons (Fsp3) is 0.211. The first-order valence-electron chi connectivity index (χ1n) is 8.11. The van der Waals surface area contributed by atoms with Crippen LogP contribution in [0.15, 0.2) is 67.1 Å². The molecule has 24 heavy (non-hydrogen) atoms. The largest absolute Gasteiger partial charge is 0.337 e. The molecule has 0 aliphatic carbocycles. The summed E-state index contributed by atoms with van der Waals surface area (Å²) in [5.74, 6) is 0.395. The number of amides is 1. The summed E-state index contributed by atoms with van der Waals surface area (Å²) in [5, 5.41) is 4.20. The van der Waals surface area contributed by atoms with Crippen LogP contribution < -0.4 is 0 Å². The predicted octanol–water partition coefficient (Wildman–Crippen LogP) is 2.90. The number of pyridine rings is 1. The van der Waals surface area contributed by atoms with Crippen molar-refractivity contribution in [1.29, 1.82) is 0 Å². The second-order valence-corrected chi connectivity index (χ2v) is 6.00. The summed E-state index contributed by atoms with van der Waals surface area (Å²) in [6.07, 6.45) is 6.22. The Morgan fingerprint density at radius 2 is 1.96 bits per heavy atom. The molecule has 120 valence electrons. The minimum absolute atomic E-state index is 0.0116. The Labute approximate surface area is 140 Å². The zero-order valence-corrected chi connectivity index (χ0v) is 13.2. The third-order valence-electron chi connectivity index (χ3n) is 4.48. The van der Waals surface area contributed by atoms with Crippen molar-refractivity contribution in [2.75, 3.05) is 13.1 Å². The third kappa shape index (κ3) is 2.80. The van der Waals surface area contributed by atoms with E-state index < -0.39 is 0 Å². The van der Waals surface area contributed by atoms with Gasteiger partial charge in [0.25, 0.3) is 5.91 Å². The first-order valence-corrected chi connectivity index (χ1v) is 8.11. The number of hydrogen-bond donors (Lipinski definition) is 0. The molecule has 1 aliphatic heterocycles. The van der Waals surface area contributed by atoms with Gasteiger partial charge >= 0.3 is 0 Å². The highest BCUT2D eigenvalue weighted by Crippen LogP contribution is 2.27. The Morgan fingerprint density at radius 3 is 2.75 bits per heavy atom. The van der Waals surface area contributed by atoms with Crippen molar-refractivity contribution in [3.05, 3.63) is 78.4 Å². The molecule has 4 rings (SSSR count). The number of likely N-dealkylation sites (tertiary alicyclic amines) is 1. The van der Waals surface area contributed by atoms with E-state index in [1.807, 2.05) is 29.3 Å². The van der Waals surface area contributed by atoms with Crippen molar-refractivity contribution in [1.82, 2.24) is 19.7 Å². The van der Waals surface area contributed by atoms with Crippen LogP contribution in [0.5, 0.6) is 0 Å². The van der Waals surface area contributed by atoms with Crippen LogP contribution in [-0.2, 0) is 0 Å². The van der Waals surface area contributed by atoms with Gasteiger partial charge in [0.05, 0.1) is 5.69 Å². The highest BCUT2D eigenvalue weighted by molar-refractivity contribution is 5.93. The molecule has 0 saturated carbocycles. The lowest BCUT2D eigenvalue weighted by atomic mass is 9.99. The van der Waals surface area contributed by atoms with Crippen molar-refractivity contribution < 1.29 is 4.79 Å². The summed E-state index contributed by atoms with van der Waals surface area (Å²) in [4.78, 5) is 18.9. The number of carbonyl (C=O) groups excluding carboxylic acids is 1. The maximum absolute atomic E-state index is 12.8. The van der Waals surface area contributed by atoms with E-state index >= 15 is 0 Å². The van der Waals surface area contributed by atoms with E-state index in [9.17, 15) is 4.79 Å². The van der Waals surface area contributed by atoms with Gasteiger partial charge in [-0.05, 0) is 30.2 Å². The van der Waals surface area contributed by atoms with Gasteiger partial charge in [-0.25, -0.2) is 4.68 Å². The molecule has 1 aliphatic rings. The van der Waals surface area contributed by atoms with Crippen LogP contribution in [0.2, 0.25) is 0 Å². The van der Waals surface area contributed by atoms with Gasteiger partial charge in [0.1, 0.15) is 5.69 Å². The Kier molecular flexibility index (Phi) is 3.83. The van der Waals surface area contributed by atoms with Crippen LogP contribution in [0.3, 0.4) is 0 Å². The number of aromatic nitrogens is 3. The van der Waals surface area contributed by atoms with Gasteiger partial charge in [-0.15, -0.1) is 0 Å². The van der Waals surface area contributed by atoms with E-state index in [0.29, 0.717) is 11.6 Å². The molecule has 1 atom stereocenters. The summed E-state index contributed by atoms with van der Waals surface area (Å²) < 4.78 is 1.73. The summed E-state index contributed by atoms with van der Waals surface area (Å²) in [6.45, 7) is 1.52. The highest BCUT2D eigenvalue weighted by atomic mass is 16.2. The SMILES string of the molecule is O=C(c1cc(-n2cccn2)ccn1)N1CCC(c2ccccc2)C1. The van der Waals surface area contributed by atoms with Crippen LogP contribution >= 0.6 is 0 Å².